The Labute approximate surface area is 225 Å². The number of carboxylic acid groups (broad SMARTS) is 1. The first kappa shape index (κ1) is 35.4. The topological polar surface area (TPSA) is 66.8 Å². The Bertz CT molecular complexity index is 413. The normalized spacial score (nSPS) is 11.4. The van der Waals surface area contributed by atoms with Crippen molar-refractivity contribution in [2.45, 2.75) is 180 Å². The van der Waals surface area contributed by atoms with Gasteiger partial charge in [0.05, 0.1) is 0 Å². The van der Waals surface area contributed by atoms with E-state index in [1.807, 2.05) is 0 Å². The molecule has 0 radical (unpaired) electrons. The van der Waals surface area contributed by atoms with Crippen molar-refractivity contribution in [3.63, 3.8) is 0 Å². The van der Waals surface area contributed by atoms with Gasteiger partial charge in [0.1, 0.15) is 0 Å². The predicted molar refractivity (Wildman–Crippen MR) is 155 cm³/mol. The van der Waals surface area contributed by atoms with E-state index in [1.54, 1.807) is 0 Å². The van der Waals surface area contributed by atoms with Crippen LogP contribution < -0.4 is 0 Å². The number of aliphatic hydroxyl groups excluding tert-OH is 1. The van der Waals surface area contributed by atoms with Gasteiger partial charge < -0.3 is 14.9 Å². The first-order valence-corrected chi connectivity index (χ1v) is 16.2. The first-order valence-electron chi connectivity index (χ1n) is 16.2. The van der Waals surface area contributed by atoms with Crippen LogP contribution in [0.2, 0.25) is 0 Å². The van der Waals surface area contributed by atoms with Crippen molar-refractivity contribution in [3.05, 3.63) is 0 Å². The molecule has 0 aliphatic heterocycles. The van der Waals surface area contributed by atoms with Crippen molar-refractivity contribution >= 4 is 5.97 Å². The number of hydrogen-bond donors (Lipinski definition) is 2. The lowest BCUT2D eigenvalue weighted by atomic mass is 10.0. The minimum absolute atomic E-state index is 0.335. The Morgan fingerprint density at radius 1 is 0.389 bits per heavy atom. The number of ether oxygens (including phenoxy) is 1. The SMILES string of the molecule is O=C(O)CCCCCCCCCCCCCCCOCCCCCCCCCCCCCCCCO. The maximum Gasteiger partial charge on any atom is 0.303 e. The molecule has 0 atom stereocenters. The van der Waals surface area contributed by atoms with Crippen LogP contribution in [-0.4, -0.2) is 36.0 Å². The number of carbonyl (C=O) groups is 1. The Morgan fingerprint density at radius 3 is 0.917 bits per heavy atom. The van der Waals surface area contributed by atoms with Crippen LogP contribution in [0.5, 0.6) is 0 Å². The van der Waals surface area contributed by atoms with Gasteiger partial charge in [-0.25, -0.2) is 0 Å². The smallest absolute Gasteiger partial charge is 0.303 e. The summed E-state index contributed by atoms with van der Waals surface area (Å²) in [5, 5.41) is 17.4. The Hall–Kier alpha value is -0.610. The van der Waals surface area contributed by atoms with Gasteiger partial charge in [0.25, 0.3) is 0 Å². The molecule has 0 fully saturated rings. The highest BCUT2D eigenvalue weighted by atomic mass is 16.5. The second-order valence-electron chi connectivity index (χ2n) is 11.0. The van der Waals surface area contributed by atoms with Gasteiger partial charge in [-0.1, -0.05) is 148 Å². The lowest BCUT2D eigenvalue weighted by Gasteiger charge is -2.05. The summed E-state index contributed by atoms with van der Waals surface area (Å²) in [4.78, 5) is 10.5. The average molecular weight is 513 g/mol. The van der Waals surface area contributed by atoms with Gasteiger partial charge in [-0.15, -0.1) is 0 Å². The van der Waals surface area contributed by atoms with E-state index in [0.29, 0.717) is 13.0 Å². The number of rotatable bonds is 32. The van der Waals surface area contributed by atoms with Crippen LogP contribution in [0.15, 0.2) is 0 Å². The number of unbranched alkanes of at least 4 members (excludes halogenated alkanes) is 25. The second-order valence-corrected chi connectivity index (χ2v) is 11.0. The van der Waals surface area contributed by atoms with Crippen molar-refractivity contribution in [1.82, 2.24) is 0 Å². The molecule has 0 aromatic heterocycles. The van der Waals surface area contributed by atoms with Crippen molar-refractivity contribution in [3.8, 4) is 0 Å². The summed E-state index contributed by atoms with van der Waals surface area (Å²) < 4.78 is 5.82. The molecular weight excluding hydrogens is 448 g/mol. The van der Waals surface area contributed by atoms with E-state index < -0.39 is 5.97 Å². The summed E-state index contributed by atoms with van der Waals surface area (Å²) in [6.45, 7) is 2.27. The van der Waals surface area contributed by atoms with E-state index >= 15 is 0 Å². The molecular formula is C32H64O4. The molecule has 0 rings (SSSR count). The van der Waals surface area contributed by atoms with E-state index in [4.69, 9.17) is 14.9 Å². The van der Waals surface area contributed by atoms with Gasteiger partial charge in [-0.2, -0.15) is 0 Å². The van der Waals surface area contributed by atoms with Crippen LogP contribution in [0.3, 0.4) is 0 Å². The fourth-order valence-corrected chi connectivity index (χ4v) is 4.96. The Balaban J connectivity index is 3.02. The molecule has 4 heteroatoms. The first-order chi connectivity index (χ1) is 17.8. The van der Waals surface area contributed by atoms with E-state index in [1.165, 1.54) is 154 Å². The largest absolute Gasteiger partial charge is 0.481 e. The number of carboxylic acids is 1. The van der Waals surface area contributed by atoms with E-state index in [0.717, 1.165) is 32.5 Å². The molecule has 36 heavy (non-hydrogen) atoms. The molecule has 4 nitrogen and oxygen atoms in total. The van der Waals surface area contributed by atoms with Crippen molar-refractivity contribution in [1.29, 1.82) is 0 Å². The molecule has 0 heterocycles. The van der Waals surface area contributed by atoms with Crippen LogP contribution in [0.1, 0.15) is 180 Å². The molecule has 2 N–H and O–H groups in total. The summed E-state index contributed by atoms with van der Waals surface area (Å²) in [5.41, 5.74) is 0. The van der Waals surface area contributed by atoms with Crippen LogP contribution in [-0.2, 0) is 9.53 Å². The summed E-state index contributed by atoms with van der Waals surface area (Å²) in [6, 6.07) is 0. The van der Waals surface area contributed by atoms with Gasteiger partial charge in [0, 0.05) is 26.2 Å². The van der Waals surface area contributed by atoms with Crippen molar-refractivity contribution < 1.29 is 19.7 Å². The highest BCUT2D eigenvalue weighted by Gasteiger charge is 1.98. The fourth-order valence-electron chi connectivity index (χ4n) is 4.96. The zero-order chi connectivity index (χ0) is 26.2. The van der Waals surface area contributed by atoms with Gasteiger partial charge in [0.2, 0.25) is 0 Å². The quantitative estimate of drug-likeness (QED) is 0.0880. The van der Waals surface area contributed by atoms with Crippen molar-refractivity contribution in [2.24, 2.45) is 0 Å². The monoisotopic (exact) mass is 512 g/mol. The van der Waals surface area contributed by atoms with Crippen LogP contribution in [0.25, 0.3) is 0 Å². The summed E-state index contributed by atoms with van der Waals surface area (Å²) >= 11 is 0. The minimum Gasteiger partial charge on any atom is -0.481 e. The molecule has 0 spiro atoms. The molecule has 216 valence electrons. The Kier molecular flexibility index (Phi) is 31.9. The third kappa shape index (κ3) is 33.4. The molecule has 0 saturated carbocycles. The number of aliphatic hydroxyl groups is 1. The summed E-state index contributed by atoms with van der Waals surface area (Å²) in [6.07, 6.45) is 35.4. The molecule has 0 aromatic rings. The molecule has 0 bridgehead atoms. The standard InChI is InChI=1S/C32H64O4/c33-29-25-21-17-13-9-5-1-2-6-10-14-18-22-26-30-36-31-27-23-19-15-11-7-3-4-8-12-16-20-24-28-32(34)35/h33H,1-31H2,(H,34,35). The highest BCUT2D eigenvalue weighted by molar-refractivity contribution is 5.66. The highest BCUT2D eigenvalue weighted by Crippen LogP contribution is 2.14. The molecule has 0 amide bonds. The van der Waals surface area contributed by atoms with Gasteiger partial charge in [-0.3, -0.25) is 4.79 Å². The second kappa shape index (κ2) is 32.4. The van der Waals surface area contributed by atoms with E-state index in [2.05, 4.69) is 0 Å². The molecule has 0 aromatic carbocycles. The third-order valence-corrected chi connectivity index (χ3v) is 7.38. The van der Waals surface area contributed by atoms with Crippen LogP contribution in [0, 0.1) is 0 Å². The van der Waals surface area contributed by atoms with Gasteiger partial charge >= 0.3 is 5.97 Å². The summed E-state index contributed by atoms with van der Waals surface area (Å²) in [7, 11) is 0. The molecule has 0 unspecified atom stereocenters. The Morgan fingerprint density at radius 2 is 0.639 bits per heavy atom. The van der Waals surface area contributed by atoms with Crippen molar-refractivity contribution in [2.75, 3.05) is 19.8 Å². The molecule has 0 saturated heterocycles. The average Bonchev–Trinajstić information content (AvgIpc) is 2.87. The predicted octanol–water partition coefficient (Wildman–Crippen LogP) is 10.0. The fraction of sp³-hybridized carbons (Fsp3) is 0.969. The zero-order valence-corrected chi connectivity index (χ0v) is 24.1. The minimum atomic E-state index is -0.658. The maximum absolute atomic E-state index is 10.5. The molecule has 0 aliphatic rings. The summed E-state index contributed by atoms with van der Waals surface area (Å²) in [5.74, 6) is -0.658. The van der Waals surface area contributed by atoms with Gasteiger partial charge in [-0.05, 0) is 25.7 Å². The van der Waals surface area contributed by atoms with Gasteiger partial charge in [0.15, 0.2) is 0 Å². The lowest BCUT2D eigenvalue weighted by molar-refractivity contribution is -0.137. The number of hydrogen-bond acceptors (Lipinski definition) is 3. The van der Waals surface area contributed by atoms with Crippen LogP contribution in [0.4, 0.5) is 0 Å². The van der Waals surface area contributed by atoms with E-state index in [-0.39, 0.29) is 0 Å². The number of aliphatic carboxylic acids is 1. The van der Waals surface area contributed by atoms with E-state index in [9.17, 15) is 4.79 Å². The molecule has 0 aliphatic carbocycles. The maximum atomic E-state index is 10.5. The van der Waals surface area contributed by atoms with Crippen LogP contribution >= 0.6 is 0 Å². The third-order valence-electron chi connectivity index (χ3n) is 7.38. The zero-order valence-electron chi connectivity index (χ0n) is 24.1. The lowest BCUT2D eigenvalue weighted by Crippen LogP contribution is -1.97.